The first-order valence-electron chi connectivity index (χ1n) is 7.23. The topological polar surface area (TPSA) is 66.4 Å². The van der Waals surface area contributed by atoms with Gasteiger partial charge in [-0.05, 0) is 23.8 Å². The van der Waals surface area contributed by atoms with Gasteiger partial charge in [0.25, 0.3) is 5.91 Å². The van der Waals surface area contributed by atoms with Gasteiger partial charge in [-0.1, -0.05) is 47.4 Å². The van der Waals surface area contributed by atoms with Gasteiger partial charge >= 0.3 is 5.97 Å². The van der Waals surface area contributed by atoms with Crippen LogP contribution in [0.4, 0.5) is 5.00 Å². The van der Waals surface area contributed by atoms with Crippen molar-refractivity contribution in [2.75, 3.05) is 5.32 Å². The zero-order valence-electron chi connectivity index (χ0n) is 12.8. The van der Waals surface area contributed by atoms with Gasteiger partial charge < -0.3 is 10.4 Å². The highest BCUT2D eigenvalue weighted by molar-refractivity contribution is 7.15. The molecule has 0 fully saturated rings. The van der Waals surface area contributed by atoms with Crippen molar-refractivity contribution in [2.24, 2.45) is 0 Å². The molecule has 0 unspecified atom stereocenters. The van der Waals surface area contributed by atoms with Gasteiger partial charge in [-0.3, -0.25) is 4.79 Å². The van der Waals surface area contributed by atoms with Gasteiger partial charge in [0.2, 0.25) is 0 Å². The largest absolute Gasteiger partial charge is 0.478 e. The number of halogens is 1. The Morgan fingerprint density at radius 2 is 1.84 bits per heavy atom. The number of carboxylic acids is 1. The number of rotatable bonds is 4. The Bertz CT molecular complexity index is 953. The molecule has 2 aromatic carbocycles. The summed E-state index contributed by atoms with van der Waals surface area (Å²) >= 11 is 7.03. The molecular weight excluding hydrogens is 357 g/mol. The average molecular weight is 368 g/mol. The quantitative estimate of drug-likeness (QED) is 0.689. The van der Waals surface area contributed by atoms with Crippen LogP contribution >= 0.6 is 22.9 Å². The molecule has 3 rings (SSSR count). The highest BCUT2D eigenvalue weighted by Crippen LogP contribution is 2.36. The lowest BCUT2D eigenvalue weighted by Gasteiger charge is -2.07. The summed E-state index contributed by atoms with van der Waals surface area (Å²) < 4.78 is 0. The summed E-state index contributed by atoms with van der Waals surface area (Å²) in [5.74, 6) is -1.53. The van der Waals surface area contributed by atoms with Crippen LogP contribution in [0.15, 0.2) is 53.9 Å². The Morgan fingerprint density at radius 1 is 1.12 bits per heavy atom. The number of carboxylic acid groups (broad SMARTS) is 1. The van der Waals surface area contributed by atoms with E-state index in [0.29, 0.717) is 27.2 Å². The molecule has 7 heteroatoms. The summed E-state index contributed by atoms with van der Waals surface area (Å²) in [6, 6.07) is 13.3. The number of hydrogen-bond acceptors (Lipinski definition) is 3. The number of anilines is 1. The van der Waals surface area contributed by atoms with Crippen molar-refractivity contribution >= 4 is 53.1 Å². The van der Waals surface area contributed by atoms with Gasteiger partial charge in [0.1, 0.15) is 18.4 Å². The van der Waals surface area contributed by atoms with Crippen LogP contribution in [0.25, 0.3) is 11.1 Å². The molecule has 2 N–H and O–H groups in total. The van der Waals surface area contributed by atoms with E-state index in [0.717, 1.165) is 11.3 Å². The summed E-state index contributed by atoms with van der Waals surface area (Å²) in [7, 11) is 5.68. The molecule has 0 aliphatic heterocycles. The lowest BCUT2D eigenvalue weighted by Crippen LogP contribution is -2.15. The van der Waals surface area contributed by atoms with Crippen molar-refractivity contribution in [1.82, 2.24) is 0 Å². The van der Waals surface area contributed by atoms with Gasteiger partial charge in [0, 0.05) is 21.5 Å². The number of thiophene rings is 1. The zero-order valence-corrected chi connectivity index (χ0v) is 14.4. The van der Waals surface area contributed by atoms with E-state index in [-0.39, 0.29) is 10.6 Å². The lowest BCUT2D eigenvalue weighted by atomic mass is 9.94. The molecule has 0 aliphatic rings. The summed E-state index contributed by atoms with van der Waals surface area (Å²) in [5, 5.41) is 14.8. The molecule has 2 radical (unpaired) electrons. The van der Waals surface area contributed by atoms with Crippen molar-refractivity contribution in [3.63, 3.8) is 0 Å². The fourth-order valence-electron chi connectivity index (χ4n) is 2.36. The SMILES string of the molecule is [B]c1cccc(C(=O)Nc2scc(-c3ccc(Cl)cc3)c2C(=O)O)c1. The maximum Gasteiger partial charge on any atom is 0.339 e. The standard InChI is InChI=1S/C18H11BClNO3S/c19-12-3-1-2-11(8-12)16(22)21-17-15(18(23)24)14(9-25-17)10-4-6-13(20)7-5-10/h1-9H,(H,21,22)(H,23,24). The van der Waals surface area contributed by atoms with Crippen molar-refractivity contribution in [3.05, 3.63) is 70.1 Å². The summed E-state index contributed by atoms with van der Waals surface area (Å²) in [6.45, 7) is 0. The molecular formula is C18H11BClNO3S. The van der Waals surface area contributed by atoms with E-state index < -0.39 is 11.9 Å². The molecule has 0 saturated heterocycles. The summed E-state index contributed by atoms with van der Waals surface area (Å²) in [5.41, 5.74) is 2.10. The monoisotopic (exact) mass is 367 g/mol. The van der Waals surface area contributed by atoms with Gasteiger partial charge in [0.05, 0.1) is 0 Å². The van der Waals surface area contributed by atoms with Crippen LogP contribution in [0.2, 0.25) is 5.02 Å². The summed E-state index contributed by atoms with van der Waals surface area (Å²) in [4.78, 5) is 24.1. The van der Waals surface area contributed by atoms with Crippen LogP contribution in [0.3, 0.4) is 0 Å². The first-order valence-corrected chi connectivity index (χ1v) is 8.49. The van der Waals surface area contributed by atoms with Gasteiger partial charge in [-0.2, -0.15) is 0 Å². The second-order valence-electron chi connectivity index (χ2n) is 5.25. The predicted molar refractivity (Wildman–Crippen MR) is 102 cm³/mol. The molecule has 0 aliphatic carbocycles. The Kier molecular flexibility index (Phi) is 4.92. The van der Waals surface area contributed by atoms with Crippen molar-refractivity contribution in [1.29, 1.82) is 0 Å². The predicted octanol–water partition coefficient (Wildman–Crippen LogP) is 3.81. The van der Waals surface area contributed by atoms with Crippen LogP contribution in [0.5, 0.6) is 0 Å². The molecule has 3 aromatic rings. The molecule has 0 atom stereocenters. The second kappa shape index (κ2) is 7.13. The van der Waals surface area contributed by atoms with Crippen LogP contribution in [0.1, 0.15) is 20.7 Å². The van der Waals surface area contributed by atoms with Crippen molar-refractivity contribution in [2.45, 2.75) is 0 Å². The van der Waals surface area contributed by atoms with Crippen LogP contribution in [0, 0.1) is 0 Å². The molecule has 122 valence electrons. The second-order valence-corrected chi connectivity index (χ2v) is 6.56. The fraction of sp³-hybridized carbons (Fsp3) is 0. The smallest absolute Gasteiger partial charge is 0.339 e. The maximum atomic E-state index is 12.4. The van der Waals surface area contributed by atoms with Gasteiger partial charge in [-0.15, -0.1) is 11.3 Å². The first kappa shape index (κ1) is 17.3. The highest BCUT2D eigenvalue weighted by Gasteiger charge is 2.21. The third kappa shape index (κ3) is 3.75. The lowest BCUT2D eigenvalue weighted by molar-refractivity contribution is 0.0699. The van der Waals surface area contributed by atoms with E-state index >= 15 is 0 Å². The van der Waals surface area contributed by atoms with Crippen LogP contribution in [-0.2, 0) is 0 Å². The first-order chi connectivity index (χ1) is 12.0. The minimum absolute atomic E-state index is 0.0459. The van der Waals surface area contributed by atoms with E-state index in [4.69, 9.17) is 19.4 Å². The third-order valence-corrected chi connectivity index (χ3v) is 4.68. The number of aromatic carboxylic acids is 1. The van der Waals surface area contributed by atoms with Crippen LogP contribution < -0.4 is 10.8 Å². The Labute approximate surface area is 154 Å². The minimum Gasteiger partial charge on any atom is -0.478 e. The third-order valence-electron chi connectivity index (χ3n) is 3.54. The van der Waals surface area contributed by atoms with Gasteiger partial charge in [-0.25, -0.2) is 4.79 Å². The molecule has 0 saturated carbocycles. The number of carbonyl (C=O) groups excluding carboxylic acids is 1. The summed E-state index contributed by atoms with van der Waals surface area (Å²) in [6.07, 6.45) is 0. The normalized spacial score (nSPS) is 10.4. The van der Waals surface area contributed by atoms with E-state index in [1.54, 1.807) is 47.8 Å². The van der Waals surface area contributed by atoms with Gasteiger partial charge in [0.15, 0.2) is 0 Å². The minimum atomic E-state index is -1.12. The molecule has 1 aromatic heterocycles. The van der Waals surface area contributed by atoms with Crippen molar-refractivity contribution in [3.8, 4) is 11.1 Å². The Balaban J connectivity index is 1.96. The molecule has 25 heavy (non-hydrogen) atoms. The highest BCUT2D eigenvalue weighted by atomic mass is 35.5. The fourth-order valence-corrected chi connectivity index (χ4v) is 3.44. The number of hydrogen-bond donors (Lipinski definition) is 2. The molecule has 0 bridgehead atoms. The number of nitrogens with one attached hydrogen (secondary N) is 1. The molecule has 1 heterocycles. The zero-order chi connectivity index (χ0) is 18.0. The van der Waals surface area contributed by atoms with E-state index in [2.05, 4.69) is 5.32 Å². The van der Waals surface area contributed by atoms with Crippen LogP contribution in [-0.4, -0.2) is 24.8 Å². The van der Waals surface area contributed by atoms with E-state index in [1.165, 1.54) is 6.07 Å². The number of benzene rings is 2. The maximum absolute atomic E-state index is 12.4. The average Bonchev–Trinajstić information content (AvgIpc) is 2.99. The molecule has 0 spiro atoms. The number of amides is 1. The molecule has 1 amide bonds. The van der Waals surface area contributed by atoms with E-state index in [1.807, 2.05) is 0 Å². The Hall–Kier alpha value is -2.57. The Morgan fingerprint density at radius 3 is 2.48 bits per heavy atom. The number of carbonyl (C=O) groups is 2. The molecule has 4 nitrogen and oxygen atoms in total. The van der Waals surface area contributed by atoms with Crippen molar-refractivity contribution < 1.29 is 14.7 Å². The van der Waals surface area contributed by atoms with E-state index in [9.17, 15) is 14.7 Å².